The van der Waals surface area contributed by atoms with Crippen LogP contribution in [0.5, 0.6) is 17.2 Å². The molecule has 2 rings (SSSR count). The Kier molecular flexibility index (Phi) is 7.37. The first-order valence-corrected chi connectivity index (χ1v) is 9.98. The van der Waals surface area contributed by atoms with Crippen LogP contribution in [0.15, 0.2) is 46.4 Å². The fourth-order valence-electron chi connectivity index (χ4n) is 2.31. The summed E-state index contributed by atoms with van der Waals surface area (Å²) in [6, 6.07) is 7.88. The van der Waals surface area contributed by atoms with E-state index in [-0.39, 0.29) is 10.6 Å². The summed E-state index contributed by atoms with van der Waals surface area (Å²) in [7, 11) is -1.13. The third kappa shape index (κ3) is 5.57. The van der Waals surface area contributed by atoms with E-state index in [2.05, 4.69) is 5.10 Å². The van der Waals surface area contributed by atoms with Gasteiger partial charge in [0.15, 0.2) is 11.5 Å². The second-order valence-electron chi connectivity index (χ2n) is 5.71. The van der Waals surface area contributed by atoms with Gasteiger partial charge in [0.1, 0.15) is 0 Å². The van der Waals surface area contributed by atoms with Crippen molar-refractivity contribution >= 4 is 21.9 Å². The van der Waals surface area contributed by atoms with Crippen molar-refractivity contribution in [1.82, 2.24) is 4.83 Å². The van der Waals surface area contributed by atoms with Gasteiger partial charge in [0.2, 0.25) is 5.75 Å². The average molecular weight is 423 g/mol. The number of rotatable bonds is 10. The largest absolute Gasteiger partial charge is 0.493 e. The van der Waals surface area contributed by atoms with Gasteiger partial charge in [-0.2, -0.15) is 13.5 Å². The van der Waals surface area contributed by atoms with Gasteiger partial charge in [0.05, 0.1) is 36.9 Å². The molecular formula is C18H21N3O7S. The summed E-state index contributed by atoms with van der Waals surface area (Å²) in [5.41, 5.74) is 0.151. The van der Waals surface area contributed by atoms with E-state index in [0.717, 1.165) is 12.5 Å². The monoisotopic (exact) mass is 423 g/mol. The molecule has 0 unspecified atom stereocenters. The molecule has 0 aliphatic heterocycles. The number of nitrogens with one attached hydrogen (secondary N) is 1. The van der Waals surface area contributed by atoms with Crippen molar-refractivity contribution in [3.63, 3.8) is 0 Å². The number of benzene rings is 2. The minimum atomic E-state index is -4.08. The number of nitrogens with zero attached hydrogens (tertiary/aromatic N) is 2. The summed E-state index contributed by atoms with van der Waals surface area (Å²) in [6.07, 6.45) is 2.05. The Morgan fingerprint density at radius 3 is 2.38 bits per heavy atom. The molecule has 0 saturated carbocycles. The number of non-ortho nitro benzene ring substituents is 1. The second kappa shape index (κ2) is 9.73. The molecule has 2 aromatic rings. The van der Waals surface area contributed by atoms with Crippen molar-refractivity contribution in [2.45, 2.75) is 18.2 Å². The van der Waals surface area contributed by atoms with E-state index in [1.807, 2.05) is 11.8 Å². The Balaban J connectivity index is 2.25. The zero-order valence-electron chi connectivity index (χ0n) is 16.1. The Hall–Kier alpha value is -3.34. The van der Waals surface area contributed by atoms with E-state index in [9.17, 15) is 18.5 Å². The van der Waals surface area contributed by atoms with Gasteiger partial charge >= 0.3 is 0 Å². The molecule has 0 aliphatic carbocycles. The zero-order chi connectivity index (χ0) is 21.4. The number of methoxy groups -OCH3 is 2. The predicted octanol–water partition coefficient (Wildman–Crippen LogP) is 2.71. The molecule has 0 fully saturated rings. The highest BCUT2D eigenvalue weighted by Gasteiger charge is 2.17. The van der Waals surface area contributed by atoms with E-state index >= 15 is 0 Å². The zero-order valence-corrected chi connectivity index (χ0v) is 16.9. The first kappa shape index (κ1) is 22.0. The Labute approximate surface area is 168 Å². The maximum absolute atomic E-state index is 12.3. The first-order chi connectivity index (χ1) is 13.8. The summed E-state index contributed by atoms with van der Waals surface area (Å²) in [5, 5.41) is 14.5. The molecule has 10 nitrogen and oxygen atoms in total. The lowest BCUT2D eigenvalue weighted by Crippen LogP contribution is -2.18. The number of hydrogen-bond donors (Lipinski definition) is 1. The highest BCUT2D eigenvalue weighted by atomic mass is 32.2. The van der Waals surface area contributed by atoms with E-state index in [4.69, 9.17) is 14.2 Å². The van der Waals surface area contributed by atoms with Crippen molar-refractivity contribution in [3.8, 4) is 17.2 Å². The quantitative estimate of drug-likeness (QED) is 0.353. The van der Waals surface area contributed by atoms with Crippen molar-refractivity contribution in [2.24, 2.45) is 5.10 Å². The van der Waals surface area contributed by atoms with Crippen LogP contribution in [0, 0.1) is 10.1 Å². The molecule has 0 aliphatic rings. The van der Waals surface area contributed by atoms with Crippen LogP contribution in [-0.2, 0) is 10.0 Å². The van der Waals surface area contributed by atoms with Crippen molar-refractivity contribution in [3.05, 3.63) is 52.1 Å². The summed E-state index contributed by atoms with van der Waals surface area (Å²) in [4.78, 5) is 11.9. The Morgan fingerprint density at radius 2 is 1.83 bits per heavy atom. The molecule has 0 bridgehead atoms. The molecule has 0 aromatic heterocycles. The molecule has 0 heterocycles. The predicted molar refractivity (Wildman–Crippen MR) is 106 cm³/mol. The number of sulfonamides is 1. The minimum Gasteiger partial charge on any atom is -0.493 e. The highest BCUT2D eigenvalue weighted by Crippen LogP contribution is 2.38. The molecule has 1 N–H and O–H groups in total. The summed E-state index contributed by atoms with van der Waals surface area (Å²) < 4.78 is 40.9. The number of ether oxygens (including phenoxy) is 3. The molecule has 0 amide bonds. The van der Waals surface area contributed by atoms with Crippen LogP contribution in [0.4, 0.5) is 5.69 Å². The number of nitro benzene ring substituents is 1. The standard InChI is InChI=1S/C18H21N3O7S/c1-4-8-28-18-16(26-2)9-13(10-17(18)27-3)12-19-20-29(24,25)15-7-5-6-14(11-15)21(22)23/h5-7,9-12,20H,4,8H2,1-3H3/b19-12+. The van der Waals surface area contributed by atoms with Gasteiger partial charge in [-0.1, -0.05) is 13.0 Å². The van der Waals surface area contributed by atoms with E-state index < -0.39 is 14.9 Å². The summed E-state index contributed by atoms with van der Waals surface area (Å²) in [5.74, 6) is 1.24. The van der Waals surface area contributed by atoms with Gasteiger partial charge in [-0.3, -0.25) is 10.1 Å². The number of nitro groups is 1. The lowest BCUT2D eigenvalue weighted by Gasteiger charge is -2.14. The highest BCUT2D eigenvalue weighted by molar-refractivity contribution is 7.89. The number of hydrazone groups is 1. The summed E-state index contributed by atoms with van der Waals surface area (Å²) in [6.45, 7) is 2.44. The van der Waals surface area contributed by atoms with E-state index in [1.165, 1.54) is 38.6 Å². The molecular weight excluding hydrogens is 402 g/mol. The average Bonchev–Trinajstić information content (AvgIpc) is 2.71. The van der Waals surface area contributed by atoms with Gasteiger partial charge in [-0.25, -0.2) is 4.83 Å². The topological polar surface area (TPSA) is 129 Å². The third-order valence-corrected chi connectivity index (χ3v) is 4.88. The lowest BCUT2D eigenvalue weighted by atomic mass is 10.2. The van der Waals surface area contributed by atoms with Crippen LogP contribution in [0.2, 0.25) is 0 Å². The number of hydrogen-bond acceptors (Lipinski definition) is 8. The smallest absolute Gasteiger partial charge is 0.276 e. The summed E-state index contributed by atoms with van der Waals surface area (Å²) >= 11 is 0. The van der Waals surface area contributed by atoms with Crippen LogP contribution < -0.4 is 19.0 Å². The second-order valence-corrected chi connectivity index (χ2v) is 7.37. The fraction of sp³-hybridized carbons (Fsp3) is 0.278. The molecule has 0 spiro atoms. The Bertz CT molecular complexity index is 981. The minimum absolute atomic E-state index is 0.276. The van der Waals surface area contributed by atoms with Crippen LogP contribution in [0.3, 0.4) is 0 Å². The van der Waals surface area contributed by atoms with Crippen LogP contribution in [0.1, 0.15) is 18.9 Å². The maximum atomic E-state index is 12.3. The molecule has 0 radical (unpaired) electrons. The van der Waals surface area contributed by atoms with Gasteiger partial charge < -0.3 is 14.2 Å². The van der Waals surface area contributed by atoms with E-state index in [0.29, 0.717) is 29.4 Å². The molecule has 2 aromatic carbocycles. The van der Waals surface area contributed by atoms with Crippen molar-refractivity contribution in [1.29, 1.82) is 0 Å². The van der Waals surface area contributed by atoms with Gasteiger partial charge in [0, 0.05) is 17.7 Å². The van der Waals surface area contributed by atoms with Crippen molar-refractivity contribution in [2.75, 3.05) is 20.8 Å². The molecule has 29 heavy (non-hydrogen) atoms. The Morgan fingerprint density at radius 1 is 1.17 bits per heavy atom. The third-order valence-electron chi connectivity index (χ3n) is 3.66. The van der Waals surface area contributed by atoms with Crippen LogP contribution in [0.25, 0.3) is 0 Å². The van der Waals surface area contributed by atoms with Crippen LogP contribution >= 0.6 is 0 Å². The van der Waals surface area contributed by atoms with Crippen molar-refractivity contribution < 1.29 is 27.6 Å². The van der Waals surface area contributed by atoms with Gasteiger partial charge in [-0.05, 0) is 24.6 Å². The molecule has 0 saturated heterocycles. The molecule has 156 valence electrons. The molecule has 0 atom stereocenters. The van der Waals surface area contributed by atoms with Crippen LogP contribution in [-0.4, -0.2) is 40.4 Å². The van der Waals surface area contributed by atoms with E-state index in [1.54, 1.807) is 12.1 Å². The first-order valence-electron chi connectivity index (χ1n) is 8.50. The molecule has 11 heteroatoms. The maximum Gasteiger partial charge on any atom is 0.276 e. The van der Waals surface area contributed by atoms with Gasteiger partial charge in [0.25, 0.3) is 15.7 Å². The van der Waals surface area contributed by atoms with Gasteiger partial charge in [-0.15, -0.1) is 0 Å². The fourth-order valence-corrected chi connectivity index (χ4v) is 3.14. The normalized spacial score (nSPS) is 11.3. The SMILES string of the molecule is CCCOc1c(OC)cc(/C=N/NS(=O)(=O)c2cccc([N+](=O)[O-])c2)cc1OC. The lowest BCUT2D eigenvalue weighted by molar-refractivity contribution is -0.385.